The van der Waals surface area contributed by atoms with Crippen LogP contribution < -0.4 is 0 Å². The van der Waals surface area contributed by atoms with Crippen molar-refractivity contribution in [2.75, 3.05) is 0 Å². The van der Waals surface area contributed by atoms with Gasteiger partial charge in [-0.2, -0.15) is 0 Å². The lowest BCUT2D eigenvalue weighted by Crippen LogP contribution is -2.43. The van der Waals surface area contributed by atoms with Crippen molar-refractivity contribution in [3.63, 3.8) is 0 Å². The first-order valence-electron chi connectivity index (χ1n) is 10.0. The molecule has 0 nitrogen and oxygen atoms in total. The molecule has 0 amide bonds. The zero-order chi connectivity index (χ0) is 15.2. The Labute approximate surface area is 133 Å². The second-order valence-electron chi connectivity index (χ2n) is 9.20. The molecule has 0 aromatic heterocycles. The van der Waals surface area contributed by atoms with Crippen LogP contribution in [0.1, 0.15) is 86.0 Å². The highest BCUT2D eigenvalue weighted by Gasteiger charge is 2.63. The van der Waals surface area contributed by atoms with E-state index in [4.69, 9.17) is 0 Å². The largest absolute Gasteiger partial charge is 0.0654 e. The fraction of sp³-hybridized carbons (Fsp3) is 1.00. The van der Waals surface area contributed by atoms with Gasteiger partial charge in [-0.25, -0.2) is 0 Å². The second kappa shape index (κ2) is 5.89. The lowest BCUT2D eigenvalue weighted by molar-refractivity contribution is -0.0195. The van der Waals surface area contributed by atoms with E-state index in [0.717, 1.165) is 46.8 Å². The van der Waals surface area contributed by atoms with Gasteiger partial charge in [-0.1, -0.05) is 53.9 Å². The Morgan fingerprint density at radius 1 is 1.05 bits per heavy atom. The molecule has 0 aromatic carbocycles. The van der Waals surface area contributed by atoms with Gasteiger partial charge in [-0.3, -0.25) is 0 Å². The van der Waals surface area contributed by atoms with E-state index in [-0.39, 0.29) is 0 Å². The molecule has 0 heteroatoms. The van der Waals surface area contributed by atoms with Gasteiger partial charge in [0.2, 0.25) is 0 Å². The maximum Gasteiger partial charge on any atom is -0.0235 e. The number of unbranched alkanes of at least 4 members (excludes halogenated alkanes) is 2. The average Bonchev–Trinajstić information content (AvgIpc) is 3.21. The van der Waals surface area contributed by atoms with Gasteiger partial charge < -0.3 is 0 Å². The van der Waals surface area contributed by atoms with Crippen LogP contribution in [0.4, 0.5) is 0 Å². The molecule has 0 aliphatic heterocycles. The monoisotopic (exact) mass is 290 g/mol. The maximum absolute atomic E-state index is 2.61. The average molecular weight is 291 g/mol. The van der Waals surface area contributed by atoms with Crippen LogP contribution in [-0.2, 0) is 0 Å². The van der Waals surface area contributed by atoms with E-state index < -0.39 is 0 Å². The second-order valence-corrected chi connectivity index (χ2v) is 9.20. The first-order chi connectivity index (χ1) is 10.0. The van der Waals surface area contributed by atoms with Crippen LogP contribution in [0.3, 0.4) is 0 Å². The van der Waals surface area contributed by atoms with Gasteiger partial charge in [0.1, 0.15) is 0 Å². The number of hydrogen-bond acceptors (Lipinski definition) is 0. The summed E-state index contributed by atoms with van der Waals surface area (Å²) >= 11 is 0. The molecular weight excluding hydrogens is 252 g/mol. The van der Waals surface area contributed by atoms with Crippen LogP contribution in [0, 0.1) is 46.8 Å². The molecule has 0 aromatic rings. The number of hydrogen-bond donors (Lipinski definition) is 0. The molecule has 0 N–H and O–H groups in total. The zero-order valence-corrected chi connectivity index (χ0v) is 15.2. The van der Waals surface area contributed by atoms with Crippen molar-refractivity contribution in [3.8, 4) is 0 Å². The van der Waals surface area contributed by atoms with E-state index in [1.54, 1.807) is 12.8 Å². The molecule has 4 fully saturated rings. The molecule has 4 aliphatic rings. The standard InChI is InChI=1S/C21H38/c1-6-7-8-11-21-13-19(17(21)5)12-20(21)16(4)14(2)15(3)18-9-10-18/h14-20H,6-13H2,1-5H3. The quantitative estimate of drug-likeness (QED) is 0.445. The lowest BCUT2D eigenvalue weighted by Gasteiger charge is -2.51. The summed E-state index contributed by atoms with van der Waals surface area (Å²) in [6, 6.07) is 0. The molecule has 122 valence electrons. The molecule has 4 rings (SSSR count). The molecule has 4 saturated carbocycles. The highest BCUT2D eigenvalue weighted by atomic mass is 14.7. The molecule has 4 aliphatic carbocycles. The fourth-order valence-electron chi connectivity index (χ4n) is 6.35. The Morgan fingerprint density at radius 3 is 2.33 bits per heavy atom. The van der Waals surface area contributed by atoms with E-state index in [1.807, 2.05) is 0 Å². The van der Waals surface area contributed by atoms with Gasteiger partial charge in [-0.05, 0) is 78.9 Å². The summed E-state index contributed by atoms with van der Waals surface area (Å²) in [5.74, 6) is 7.11. The third-order valence-corrected chi connectivity index (χ3v) is 8.46. The van der Waals surface area contributed by atoms with Crippen LogP contribution in [0.5, 0.6) is 0 Å². The zero-order valence-electron chi connectivity index (χ0n) is 15.2. The van der Waals surface area contributed by atoms with E-state index in [9.17, 15) is 0 Å². The van der Waals surface area contributed by atoms with Crippen molar-refractivity contribution < 1.29 is 0 Å². The van der Waals surface area contributed by atoms with Gasteiger partial charge in [-0.15, -0.1) is 0 Å². The van der Waals surface area contributed by atoms with Crippen LogP contribution in [0.15, 0.2) is 0 Å². The summed E-state index contributed by atoms with van der Waals surface area (Å²) < 4.78 is 0. The van der Waals surface area contributed by atoms with E-state index in [1.165, 1.54) is 38.5 Å². The van der Waals surface area contributed by atoms with Crippen LogP contribution >= 0.6 is 0 Å². The maximum atomic E-state index is 2.61. The molecule has 0 spiro atoms. The highest BCUT2D eigenvalue weighted by Crippen LogP contribution is 2.70. The molecule has 0 saturated heterocycles. The van der Waals surface area contributed by atoms with Crippen LogP contribution in [-0.4, -0.2) is 0 Å². The Balaban J connectivity index is 1.65. The summed E-state index contributed by atoms with van der Waals surface area (Å²) in [5, 5.41) is 0. The van der Waals surface area contributed by atoms with Gasteiger partial charge in [0.15, 0.2) is 0 Å². The number of rotatable bonds is 8. The Kier molecular flexibility index (Phi) is 4.46. The first kappa shape index (κ1) is 15.9. The Morgan fingerprint density at radius 2 is 1.76 bits per heavy atom. The summed E-state index contributed by atoms with van der Waals surface area (Å²) in [6.45, 7) is 12.7. The minimum absolute atomic E-state index is 0.761. The van der Waals surface area contributed by atoms with Crippen molar-refractivity contribution in [2.24, 2.45) is 46.8 Å². The summed E-state index contributed by atoms with van der Waals surface area (Å²) in [4.78, 5) is 0. The predicted molar refractivity (Wildman–Crippen MR) is 92.2 cm³/mol. The van der Waals surface area contributed by atoms with Crippen molar-refractivity contribution >= 4 is 0 Å². The lowest BCUT2D eigenvalue weighted by atomic mass is 9.54. The van der Waals surface area contributed by atoms with Gasteiger partial charge in [0, 0.05) is 0 Å². The first-order valence-corrected chi connectivity index (χ1v) is 10.0. The highest BCUT2D eigenvalue weighted by molar-refractivity contribution is 5.11. The molecule has 0 radical (unpaired) electrons. The third-order valence-electron chi connectivity index (χ3n) is 8.46. The van der Waals surface area contributed by atoms with Crippen molar-refractivity contribution in [1.29, 1.82) is 0 Å². The van der Waals surface area contributed by atoms with E-state index >= 15 is 0 Å². The molecule has 7 atom stereocenters. The SMILES string of the molecule is CCCCCC12CC(CC1C(C)C(C)C(C)C1CC1)C2C. The minimum Gasteiger partial charge on any atom is -0.0654 e. The van der Waals surface area contributed by atoms with Crippen molar-refractivity contribution in [2.45, 2.75) is 86.0 Å². The molecule has 21 heavy (non-hydrogen) atoms. The van der Waals surface area contributed by atoms with Crippen molar-refractivity contribution in [3.05, 3.63) is 0 Å². The van der Waals surface area contributed by atoms with Crippen LogP contribution in [0.25, 0.3) is 0 Å². The normalized spacial score (nSPS) is 42.4. The van der Waals surface area contributed by atoms with E-state index in [0.29, 0.717) is 0 Å². The topological polar surface area (TPSA) is 0 Å². The molecule has 7 unspecified atom stereocenters. The smallest absolute Gasteiger partial charge is 0.0235 e. The summed E-state index contributed by atoms with van der Waals surface area (Å²) in [7, 11) is 0. The molecular formula is C21H38. The summed E-state index contributed by atoms with van der Waals surface area (Å²) in [6.07, 6.45) is 12.0. The molecule has 2 bridgehead atoms. The van der Waals surface area contributed by atoms with E-state index in [2.05, 4.69) is 34.6 Å². The predicted octanol–water partition coefficient (Wildman–Crippen LogP) is 6.55. The summed E-state index contributed by atoms with van der Waals surface area (Å²) in [5.41, 5.74) is 0.761. The fourth-order valence-corrected chi connectivity index (χ4v) is 6.35. The van der Waals surface area contributed by atoms with Gasteiger partial charge >= 0.3 is 0 Å². The Hall–Kier alpha value is 0. The minimum atomic E-state index is 0.761. The van der Waals surface area contributed by atoms with Gasteiger partial charge in [0.05, 0.1) is 0 Å². The third kappa shape index (κ3) is 2.59. The molecule has 0 heterocycles. The van der Waals surface area contributed by atoms with Gasteiger partial charge in [0.25, 0.3) is 0 Å². The number of fused-ring (bicyclic) bond motifs is 1. The Bertz CT molecular complexity index is 355. The van der Waals surface area contributed by atoms with Crippen molar-refractivity contribution in [1.82, 2.24) is 0 Å². The van der Waals surface area contributed by atoms with Crippen LogP contribution in [0.2, 0.25) is 0 Å².